The minimum absolute atomic E-state index is 0.134. The van der Waals surface area contributed by atoms with Crippen LogP contribution in [0.5, 0.6) is 0 Å². The number of amides is 4. The van der Waals surface area contributed by atoms with Crippen LogP contribution >= 0.6 is 0 Å². The molecule has 1 rings (SSSR count). The number of aliphatic imine (C=N–C) groups is 1. The van der Waals surface area contributed by atoms with E-state index < -0.39 is 5.91 Å². The summed E-state index contributed by atoms with van der Waals surface area (Å²) in [5.41, 5.74) is 0. The van der Waals surface area contributed by atoms with Gasteiger partial charge in [-0.2, -0.15) is 0 Å². The second-order valence-electron chi connectivity index (χ2n) is 4.30. The molecule has 1 aliphatic heterocycles. The summed E-state index contributed by atoms with van der Waals surface area (Å²) >= 11 is 0. The molecule has 7 nitrogen and oxygen atoms in total. The van der Waals surface area contributed by atoms with Crippen LogP contribution in [0.25, 0.3) is 0 Å². The van der Waals surface area contributed by atoms with Crippen LogP contribution in [0.15, 0.2) is 17.1 Å². The molecule has 0 atom stereocenters. The zero-order valence-corrected chi connectivity index (χ0v) is 11.1. The number of carbonyl (C=O) groups is 4. The van der Waals surface area contributed by atoms with E-state index in [1.807, 2.05) is 0 Å². The Morgan fingerprint density at radius 1 is 1.15 bits per heavy atom. The number of carbonyl (C=O) groups excluding carboxylic acids is 4. The highest BCUT2D eigenvalue weighted by Crippen LogP contribution is 2.07. The molecular formula is C13H17N3O4. The van der Waals surface area contributed by atoms with Crippen molar-refractivity contribution in [2.75, 3.05) is 13.1 Å². The molecule has 0 saturated carbocycles. The molecule has 108 valence electrons. The highest BCUT2D eigenvalue weighted by Gasteiger charge is 2.22. The van der Waals surface area contributed by atoms with Gasteiger partial charge in [0.2, 0.25) is 5.91 Å². The second-order valence-corrected chi connectivity index (χ2v) is 4.30. The average molecular weight is 279 g/mol. The Kier molecular flexibility index (Phi) is 6.28. The van der Waals surface area contributed by atoms with Crippen LogP contribution in [0.3, 0.4) is 0 Å². The van der Waals surface area contributed by atoms with Gasteiger partial charge in [0.05, 0.1) is 6.54 Å². The van der Waals surface area contributed by atoms with Gasteiger partial charge in [0.25, 0.3) is 17.7 Å². The van der Waals surface area contributed by atoms with Crippen LogP contribution in [-0.2, 0) is 19.2 Å². The zero-order chi connectivity index (χ0) is 15.0. The molecule has 7 heteroatoms. The summed E-state index contributed by atoms with van der Waals surface area (Å²) in [4.78, 5) is 48.9. The lowest BCUT2D eigenvalue weighted by Gasteiger charge is -2.12. The van der Waals surface area contributed by atoms with Crippen molar-refractivity contribution in [3.63, 3.8) is 0 Å². The molecule has 20 heavy (non-hydrogen) atoms. The monoisotopic (exact) mass is 279 g/mol. The standard InChI is InChI=1S/C13H17N3O4/c1-14-11(18)9-15-10(17)5-3-2-4-8-16-12(19)6-7-13(16)20/h6-7H,1-5,8-9H2,(H,15,17). The lowest BCUT2D eigenvalue weighted by atomic mass is 10.2. The normalized spacial score (nSPS) is 13.7. The first kappa shape index (κ1) is 15.7. The SMILES string of the molecule is C=NC(=O)CNC(=O)CCCCCN1C(=O)C=CC1=O. The second kappa shape index (κ2) is 7.98. The minimum Gasteiger partial charge on any atom is -0.347 e. The van der Waals surface area contributed by atoms with Gasteiger partial charge in [0.1, 0.15) is 0 Å². The van der Waals surface area contributed by atoms with Gasteiger partial charge in [-0.25, -0.2) is 4.99 Å². The van der Waals surface area contributed by atoms with E-state index in [2.05, 4.69) is 17.0 Å². The van der Waals surface area contributed by atoms with Gasteiger partial charge in [0, 0.05) is 25.1 Å². The van der Waals surface area contributed by atoms with E-state index in [9.17, 15) is 19.2 Å². The summed E-state index contributed by atoms with van der Waals surface area (Å²) in [5.74, 6) is -1.28. The van der Waals surface area contributed by atoms with E-state index in [0.29, 0.717) is 25.8 Å². The third-order valence-electron chi connectivity index (χ3n) is 2.80. The Labute approximate surface area is 116 Å². The molecule has 4 amide bonds. The first-order valence-electron chi connectivity index (χ1n) is 6.34. The highest BCUT2D eigenvalue weighted by molar-refractivity contribution is 6.12. The van der Waals surface area contributed by atoms with Gasteiger partial charge in [-0.1, -0.05) is 6.42 Å². The van der Waals surface area contributed by atoms with E-state index in [4.69, 9.17) is 0 Å². The fourth-order valence-corrected chi connectivity index (χ4v) is 1.70. The van der Waals surface area contributed by atoms with E-state index in [1.54, 1.807) is 0 Å². The van der Waals surface area contributed by atoms with Gasteiger partial charge >= 0.3 is 0 Å². The van der Waals surface area contributed by atoms with Crippen LogP contribution in [0.4, 0.5) is 0 Å². The van der Waals surface area contributed by atoms with E-state index in [-0.39, 0.29) is 24.3 Å². The molecule has 0 bridgehead atoms. The van der Waals surface area contributed by atoms with Crippen molar-refractivity contribution in [1.82, 2.24) is 10.2 Å². The number of rotatable bonds is 8. The van der Waals surface area contributed by atoms with Crippen LogP contribution < -0.4 is 5.32 Å². The summed E-state index contributed by atoms with van der Waals surface area (Å²) in [6.45, 7) is 3.29. The van der Waals surface area contributed by atoms with Gasteiger partial charge in [0.15, 0.2) is 0 Å². The molecule has 0 aromatic rings. The smallest absolute Gasteiger partial charge is 0.264 e. The number of nitrogens with zero attached hydrogens (tertiary/aromatic N) is 2. The molecule has 1 heterocycles. The quantitative estimate of drug-likeness (QED) is 0.378. The van der Waals surface area contributed by atoms with Crippen molar-refractivity contribution >= 4 is 30.3 Å². The fraction of sp³-hybridized carbons (Fsp3) is 0.462. The maximum absolute atomic E-state index is 11.3. The Morgan fingerprint density at radius 3 is 2.40 bits per heavy atom. The lowest BCUT2D eigenvalue weighted by Crippen LogP contribution is -2.31. The Morgan fingerprint density at radius 2 is 1.80 bits per heavy atom. The van der Waals surface area contributed by atoms with Crippen molar-refractivity contribution in [3.05, 3.63) is 12.2 Å². The molecule has 0 radical (unpaired) electrons. The van der Waals surface area contributed by atoms with Gasteiger partial charge in [-0.15, -0.1) is 0 Å². The molecule has 0 aromatic carbocycles. The summed E-state index contributed by atoms with van der Waals surface area (Å²) in [7, 11) is 0. The lowest BCUT2D eigenvalue weighted by molar-refractivity contribution is -0.137. The fourth-order valence-electron chi connectivity index (χ4n) is 1.70. The Balaban J connectivity index is 2.06. The number of imide groups is 1. The van der Waals surface area contributed by atoms with Crippen LogP contribution in [-0.4, -0.2) is 48.3 Å². The van der Waals surface area contributed by atoms with Crippen molar-refractivity contribution in [1.29, 1.82) is 0 Å². The number of hydrogen-bond donors (Lipinski definition) is 1. The predicted molar refractivity (Wildman–Crippen MR) is 71.9 cm³/mol. The van der Waals surface area contributed by atoms with Crippen molar-refractivity contribution in [3.8, 4) is 0 Å². The van der Waals surface area contributed by atoms with Crippen molar-refractivity contribution in [2.24, 2.45) is 4.99 Å². The first-order valence-corrected chi connectivity index (χ1v) is 6.34. The number of nitrogens with one attached hydrogen (secondary N) is 1. The van der Waals surface area contributed by atoms with Crippen molar-refractivity contribution in [2.45, 2.75) is 25.7 Å². The minimum atomic E-state index is -0.475. The van der Waals surface area contributed by atoms with Gasteiger partial charge < -0.3 is 5.32 Å². The van der Waals surface area contributed by atoms with E-state index in [0.717, 1.165) is 6.42 Å². The third kappa shape index (κ3) is 5.13. The van der Waals surface area contributed by atoms with Crippen LogP contribution in [0.1, 0.15) is 25.7 Å². The van der Waals surface area contributed by atoms with Crippen molar-refractivity contribution < 1.29 is 19.2 Å². The average Bonchev–Trinajstić information content (AvgIpc) is 2.75. The molecule has 0 saturated heterocycles. The molecule has 0 spiro atoms. The third-order valence-corrected chi connectivity index (χ3v) is 2.80. The van der Waals surface area contributed by atoms with Gasteiger partial charge in [-0.3, -0.25) is 24.1 Å². The maximum atomic E-state index is 11.3. The predicted octanol–water partition coefficient (Wildman–Crippen LogP) is -0.185. The molecule has 1 N–H and O–H groups in total. The molecule has 0 aromatic heterocycles. The molecule has 0 aliphatic carbocycles. The maximum Gasteiger partial charge on any atom is 0.264 e. The summed E-state index contributed by atoms with van der Waals surface area (Å²) < 4.78 is 0. The Bertz CT molecular complexity index is 439. The molecular weight excluding hydrogens is 262 g/mol. The summed E-state index contributed by atoms with van der Waals surface area (Å²) in [5, 5.41) is 2.43. The summed E-state index contributed by atoms with van der Waals surface area (Å²) in [6.07, 6.45) is 4.80. The summed E-state index contributed by atoms with van der Waals surface area (Å²) in [6, 6.07) is 0. The van der Waals surface area contributed by atoms with Crippen LogP contribution in [0, 0.1) is 0 Å². The Hall–Kier alpha value is -2.31. The van der Waals surface area contributed by atoms with E-state index >= 15 is 0 Å². The van der Waals surface area contributed by atoms with Crippen LogP contribution in [0.2, 0.25) is 0 Å². The zero-order valence-electron chi connectivity index (χ0n) is 11.1. The van der Waals surface area contributed by atoms with E-state index in [1.165, 1.54) is 17.1 Å². The van der Waals surface area contributed by atoms with Gasteiger partial charge in [-0.05, 0) is 19.6 Å². The topological polar surface area (TPSA) is 95.9 Å². The highest BCUT2D eigenvalue weighted by atomic mass is 16.2. The molecule has 0 unspecified atom stereocenters. The molecule has 0 fully saturated rings. The molecule has 1 aliphatic rings. The number of hydrogen-bond acceptors (Lipinski definition) is 4. The number of unbranched alkanes of at least 4 members (excludes halogenated alkanes) is 2. The first-order chi connectivity index (χ1) is 9.54. The largest absolute Gasteiger partial charge is 0.347 e.